The minimum atomic E-state index is -3.54. The molecule has 2 amide bonds. The maximum absolute atomic E-state index is 12.7. The van der Waals surface area contributed by atoms with Gasteiger partial charge in [-0.1, -0.05) is 6.07 Å². The summed E-state index contributed by atoms with van der Waals surface area (Å²) in [6.07, 6.45) is 1.82. The summed E-state index contributed by atoms with van der Waals surface area (Å²) < 4.78 is 32.5. The molecule has 0 bridgehead atoms. The number of anilines is 2. The number of hydrogen-bond donors (Lipinski definition) is 2. The molecule has 0 spiro atoms. The van der Waals surface area contributed by atoms with Gasteiger partial charge in [0, 0.05) is 24.7 Å². The molecule has 8 nitrogen and oxygen atoms in total. The number of aryl methyl sites for hydroxylation is 1. The molecule has 1 atom stereocenters. The second-order valence-electron chi connectivity index (χ2n) is 7.99. The van der Waals surface area contributed by atoms with E-state index in [0.29, 0.717) is 17.1 Å². The first-order valence-corrected chi connectivity index (χ1v) is 11.6. The molecule has 31 heavy (non-hydrogen) atoms. The molecule has 2 aromatic rings. The number of carbonyl (C=O) groups excluding carboxylic acids is 2. The number of amides is 2. The topological polar surface area (TPSA) is 105 Å². The van der Waals surface area contributed by atoms with Gasteiger partial charge in [-0.25, -0.2) is 13.1 Å². The van der Waals surface area contributed by atoms with E-state index in [9.17, 15) is 18.0 Å². The number of rotatable bonds is 7. The van der Waals surface area contributed by atoms with Crippen molar-refractivity contribution in [3.8, 4) is 5.75 Å². The number of methoxy groups -OCH3 is 1. The summed E-state index contributed by atoms with van der Waals surface area (Å²) in [6.45, 7) is 2.18. The van der Waals surface area contributed by atoms with Crippen molar-refractivity contribution in [3.05, 3.63) is 48.0 Å². The molecule has 1 heterocycles. The molecular weight excluding hydrogens is 418 g/mol. The van der Waals surface area contributed by atoms with E-state index >= 15 is 0 Å². The van der Waals surface area contributed by atoms with Gasteiger partial charge in [0.25, 0.3) is 0 Å². The average molecular weight is 444 g/mol. The lowest BCUT2D eigenvalue weighted by molar-refractivity contribution is -0.122. The van der Waals surface area contributed by atoms with Gasteiger partial charge in [-0.05, 0) is 61.7 Å². The Balaban J connectivity index is 1.42. The standard InChI is InChI=1S/C22H25N3O5S/c1-14-3-10-20(30-2)19(11-14)25-13-15(12-21(25)26)22(27)23-16-6-8-18(9-7-16)31(28,29)24-17-4-5-17/h3,6-11,15,17,24H,4-5,12-13H2,1-2H3,(H,23,27)/t15-/m1/s1. The summed E-state index contributed by atoms with van der Waals surface area (Å²) in [5.74, 6) is -0.361. The number of hydrogen-bond acceptors (Lipinski definition) is 5. The maximum Gasteiger partial charge on any atom is 0.240 e. The second-order valence-corrected chi connectivity index (χ2v) is 9.70. The van der Waals surface area contributed by atoms with Crippen molar-refractivity contribution in [3.63, 3.8) is 0 Å². The number of ether oxygens (including phenoxy) is 1. The van der Waals surface area contributed by atoms with Gasteiger partial charge in [-0.2, -0.15) is 0 Å². The lowest BCUT2D eigenvalue weighted by Crippen LogP contribution is -2.28. The van der Waals surface area contributed by atoms with Crippen molar-refractivity contribution in [1.29, 1.82) is 0 Å². The first kappa shape index (κ1) is 21.3. The molecule has 1 aliphatic heterocycles. The zero-order valence-corrected chi connectivity index (χ0v) is 18.2. The minimum Gasteiger partial charge on any atom is -0.495 e. The predicted molar refractivity (Wildman–Crippen MR) is 117 cm³/mol. The van der Waals surface area contributed by atoms with Crippen LogP contribution in [0.25, 0.3) is 0 Å². The highest BCUT2D eigenvalue weighted by molar-refractivity contribution is 7.89. The first-order chi connectivity index (χ1) is 14.8. The summed E-state index contributed by atoms with van der Waals surface area (Å²) in [5, 5.41) is 2.78. The van der Waals surface area contributed by atoms with Crippen LogP contribution < -0.4 is 19.7 Å². The summed E-state index contributed by atoms with van der Waals surface area (Å²) >= 11 is 0. The summed E-state index contributed by atoms with van der Waals surface area (Å²) in [6, 6.07) is 11.6. The largest absolute Gasteiger partial charge is 0.495 e. The Morgan fingerprint density at radius 2 is 1.84 bits per heavy atom. The Hall–Kier alpha value is -2.91. The van der Waals surface area contributed by atoms with Crippen molar-refractivity contribution in [2.75, 3.05) is 23.9 Å². The first-order valence-electron chi connectivity index (χ1n) is 10.1. The molecule has 2 N–H and O–H groups in total. The second kappa shape index (κ2) is 8.32. The van der Waals surface area contributed by atoms with E-state index in [-0.39, 0.29) is 35.7 Å². The van der Waals surface area contributed by atoms with Crippen LogP contribution in [0.4, 0.5) is 11.4 Å². The quantitative estimate of drug-likeness (QED) is 0.684. The fourth-order valence-electron chi connectivity index (χ4n) is 3.58. The molecule has 0 aromatic heterocycles. The molecule has 4 rings (SSSR count). The third-order valence-electron chi connectivity index (χ3n) is 5.45. The van der Waals surface area contributed by atoms with Crippen LogP contribution in [0.15, 0.2) is 47.4 Å². The van der Waals surface area contributed by atoms with Crippen molar-refractivity contribution >= 4 is 33.2 Å². The van der Waals surface area contributed by atoms with Gasteiger partial charge < -0.3 is 15.0 Å². The minimum absolute atomic E-state index is 0.0271. The molecule has 1 saturated carbocycles. The molecular formula is C22H25N3O5S. The van der Waals surface area contributed by atoms with E-state index < -0.39 is 15.9 Å². The number of sulfonamides is 1. The summed E-state index contributed by atoms with van der Waals surface area (Å²) in [7, 11) is -1.99. The smallest absolute Gasteiger partial charge is 0.240 e. The Bertz CT molecular complexity index is 1110. The molecule has 2 aromatic carbocycles. The van der Waals surface area contributed by atoms with E-state index in [1.807, 2.05) is 19.1 Å². The Kier molecular flexibility index (Phi) is 5.72. The molecule has 1 aliphatic carbocycles. The van der Waals surface area contributed by atoms with Crippen LogP contribution in [0, 0.1) is 12.8 Å². The van der Waals surface area contributed by atoms with Gasteiger partial charge in [-0.3, -0.25) is 9.59 Å². The highest BCUT2D eigenvalue weighted by Gasteiger charge is 2.36. The Morgan fingerprint density at radius 1 is 1.13 bits per heavy atom. The molecule has 2 aliphatic rings. The van der Waals surface area contributed by atoms with E-state index in [1.165, 1.54) is 12.1 Å². The van der Waals surface area contributed by atoms with E-state index in [0.717, 1.165) is 18.4 Å². The van der Waals surface area contributed by atoms with Crippen molar-refractivity contribution < 1.29 is 22.7 Å². The van der Waals surface area contributed by atoms with E-state index in [4.69, 9.17) is 4.74 Å². The maximum atomic E-state index is 12.7. The summed E-state index contributed by atoms with van der Waals surface area (Å²) in [5.41, 5.74) is 2.12. The Labute approximate surface area is 181 Å². The molecule has 0 unspecified atom stereocenters. The third-order valence-corrected chi connectivity index (χ3v) is 6.99. The van der Waals surface area contributed by atoms with E-state index in [2.05, 4.69) is 10.0 Å². The number of benzene rings is 2. The van der Waals surface area contributed by atoms with Crippen LogP contribution in [0.3, 0.4) is 0 Å². The normalized spacial score (nSPS) is 18.8. The monoisotopic (exact) mass is 443 g/mol. The van der Waals surface area contributed by atoms with Crippen LogP contribution in [-0.2, 0) is 19.6 Å². The zero-order chi connectivity index (χ0) is 22.2. The Morgan fingerprint density at radius 3 is 2.48 bits per heavy atom. The lowest BCUT2D eigenvalue weighted by Gasteiger charge is -2.20. The van der Waals surface area contributed by atoms with Crippen LogP contribution in [0.5, 0.6) is 5.75 Å². The van der Waals surface area contributed by atoms with Gasteiger partial charge in [0.2, 0.25) is 21.8 Å². The van der Waals surface area contributed by atoms with Crippen LogP contribution in [0.2, 0.25) is 0 Å². The highest BCUT2D eigenvalue weighted by Crippen LogP contribution is 2.34. The number of nitrogens with zero attached hydrogens (tertiary/aromatic N) is 1. The SMILES string of the molecule is COc1ccc(C)cc1N1C[C@H](C(=O)Nc2ccc(S(=O)(=O)NC3CC3)cc2)CC1=O. The molecule has 164 valence electrons. The van der Waals surface area contributed by atoms with Crippen molar-refractivity contribution in [2.45, 2.75) is 37.1 Å². The van der Waals surface area contributed by atoms with Gasteiger partial charge in [0.15, 0.2) is 0 Å². The predicted octanol–water partition coefficient (Wildman–Crippen LogP) is 2.44. The molecule has 1 saturated heterocycles. The third kappa shape index (κ3) is 4.72. The fourth-order valence-corrected chi connectivity index (χ4v) is 4.88. The average Bonchev–Trinajstić information content (AvgIpc) is 3.45. The molecule has 2 fully saturated rings. The van der Waals surface area contributed by atoms with Crippen molar-refractivity contribution in [2.24, 2.45) is 5.92 Å². The van der Waals surface area contributed by atoms with Gasteiger partial charge in [-0.15, -0.1) is 0 Å². The number of carbonyl (C=O) groups is 2. The van der Waals surface area contributed by atoms with Crippen LogP contribution >= 0.6 is 0 Å². The molecule has 0 radical (unpaired) electrons. The van der Waals surface area contributed by atoms with Gasteiger partial charge >= 0.3 is 0 Å². The fraction of sp³-hybridized carbons (Fsp3) is 0.364. The zero-order valence-electron chi connectivity index (χ0n) is 17.4. The van der Waals surface area contributed by atoms with E-state index in [1.54, 1.807) is 30.2 Å². The number of nitrogens with one attached hydrogen (secondary N) is 2. The highest BCUT2D eigenvalue weighted by atomic mass is 32.2. The van der Waals surface area contributed by atoms with Crippen LogP contribution in [-0.4, -0.2) is 39.9 Å². The summed E-state index contributed by atoms with van der Waals surface area (Å²) in [4.78, 5) is 27.1. The van der Waals surface area contributed by atoms with Crippen molar-refractivity contribution in [1.82, 2.24) is 4.72 Å². The lowest BCUT2D eigenvalue weighted by atomic mass is 10.1. The van der Waals surface area contributed by atoms with Crippen LogP contribution in [0.1, 0.15) is 24.8 Å². The van der Waals surface area contributed by atoms with Gasteiger partial charge in [0.1, 0.15) is 5.75 Å². The molecule has 9 heteroatoms. The van der Waals surface area contributed by atoms with Gasteiger partial charge in [0.05, 0.1) is 23.6 Å².